The molecule has 1 aliphatic rings. The van der Waals surface area contributed by atoms with Gasteiger partial charge in [0, 0.05) is 7.05 Å². The maximum Gasteiger partial charge on any atom is 0.113 e. The number of rotatable bonds is 2. The lowest BCUT2D eigenvalue weighted by molar-refractivity contribution is 0.549. The van der Waals surface area contributed by atoms with Crippen molar-refractivity contribution in [2.45, 2.75) is 13.3 Å². The number of anilines is 1. The van der Waals surface area contributed by atoms with Crippen molar-refractivity contribution in [3.8, 4) is 0 Å². The van der Waals surface area contributed by atoms with Gasteiger partial charge >= 0.3 is 0 Å². The predicted octanol–water partition coefficient (Wildman–Crippen LogP) is 1.90. The van der Waals surface area contributed by atoms with Gasteiger partial charge in [0.25, 0.3) is 0 Å². The highest BCUT2D eigenvalue weighted by Gasteiger charge is 2.11. The van der Waals surface area contributed by atoms with Crippen LogP contribution in [0.5, 0.6) is 0 Å². The second-order valence-corrected chi connectivity index (χ2v) is 3.55. The van der Waals surface area contributed by atoms with Crippen molar-refractivity contribution >= 4 is 12.0 Å². The van der Waals surface area contributed by atoms with E-state index in [0.717, 1.165) is 18.8 Å². The molecule has 0 aromatic heterocycles. The fourth-order valence-electron chi connectivity index (χ4n) is 1.49. The molecule has 1 aromatic carbocycles. The normalized spacial score (nSPS) is 15.3. The van der Waals surface area contributed by atoms with Crippen molar-refractivity contribution in [3.05, 3.63) is 29.8 Å². The van der Waals surface area contributed by atoms with Gasteiger partial charge in [-0.25, -0.2) is 5.01 Å². The van der Waals surface area contributed by atoms with Gasteiger partial charge in [-0.1, -0.05) is 19.1 Å². The van der Waals surface area contributed by atoms with E-state index >= 15 is 0 Å². The second kappa shape index (κ2) is 3.70. The van der Waals surface area contributed by atoms with E-state index in [9.17, 15) is 0 Å². The molecule has 1 aromatic rings. The average molecular weight is 189 g/mol. The van der Waals surface area contributed by atoms with Crippen molar-refractivity contribution in [1.82, 2.24) is 4.90 Å². The SMILES string of the molecule is CCc1ccc(N2CN(C)C=N2)cc1. The largest absolute Gasteiger partial charge is 0.345 e. The molecule has 0 spiro atoms. The van der Waals surface area contributed by atoms with Crippen LogP contribution in [0.3, 0.4) is 0 Å². The second-order valence-electron chi connectivity index (χ2n) is 3.55. The van der Waals surface area contributed by atoms with Crippen molar-refractivity contribution in [2.75, 3.05) is 18.7 Å². The van der Waals surface area contributed by atoms with Gasteiger partial charge in [0.2, 0.25) is 0 Å². The van der Waals surface area contributed by atoms with Gasteiger partial charge in [-0.05, 0) is 24.1 Å². The van der Waals surface area contributed by atoms with Gasteiger partial charge in [0.1, 0.15) is 13.0 Å². The summed E-state index contributed by atoms with van der Waals surface area (Å²) < 4.78 is 0. The van der Waals surface area contributed by atoms with Crippen molar-refractivity contribution < 1.29 is 0 Å². The minimum Gasteiger partial charge on any atom is -0.345 e. The fourth-order valence-corrected chi connectivity index (χ4v) is 1.49. The average Bonchev–Trinajstić information content (AvgIpc) is 2.65. The fraction of sp³-hybridized carbons (Fsp3) is 0.364. The minimum atomic E-state index is 0.839. The molecule has 3 heteroatoms. The Kier molecular flexibility index (Phi) is 2.39. The monoisotopic (exact) mass is 189 g/mol. The Morgan fingerprint density at radius 3 is 2.50 bits per heavy atom. The van der Waals surface area contributed by atoms with Gasteiger partial charge in [0.05, 0.1) is 5.69 Å². The third kappa shape index (κ3) is 1.71. The lowest BCUT2D eigenvalue weighted by Gasteiger charge is -2.15. The molecule has 0 saturated heterocycles. The predicted molar refractivity (Wildman–Crippen MR) is 59.4 cm³/mol. The van der Waals surface area contributed by atoms with Gasteiger partial charge in [0.15, 0.2) is 0 Å². The molecule has 0 fully saturated rings. The first kappa shape index (κ1) is 9.06. The highest BCUT2D eigenvalue weighted by Crippen LogP contribution is 2.17. The molecular weight excluding hydrogens is 174 g/mol. The van der Waals surface area contributed by atoms with Gasteiger partial charge < -0.3 is 4.90 Å². The summed E-state index contributed by atoms with van der Waals surface area (Å²) in [5, 5.41) is 6.26. The summed E-state index contributed by atoms with van der Waals surface area (Å²) >= 11 is 0. The first-order valence-electron chi connectivity index (χ1n) is 4.90. The summed E-state index contributed by atoms with van der Waals surface area (Å²) in [4.78, 5) is 2.05. The van der Waals surface area contributed by atoms with E-state index in [4.69, 9.17) is 0 Å². The summed E-state index contributed by atoms with van der Waals surface area (Å²) in [6, 6.07) is 8.55. The molecule has 14 heavy (non-hydrogen) atoms. The van der Waals surface area contributed by atoms with Crippen LogP contribution in [0.2, 0.25) is 0 Å². The van der Waals surface area contributed by atoms with Gasteiger partial charge in [-0.15, -0.1) is 0 Å². The van der Waals surface area contributed by atoms with Gasteiger partial charge in [-0.3, -0.25) is 0 Å². The quantitative estimate of drug-likeness (QED) is 0.707. The summed E-state index contributed by atoms with van der Waals surface area (Å²) in [6.07, 6.45) is 2.93. The molecule has 74 valence electrons. The van der Waals surface area contributed by atoms with E-state index in [1.807, 2.05) is 23.3 Å². The van der Waals surface area contributed by atoms with Crippen LogP contribution in [0.25, 0.3) is 0 Å². The third-order valence-corrected chi connectivity index (χ3v) is 2.39. The Morgan fingerprint density at radius 1 is 1.29 bits per heavy atom. The number of benzene rings is 1. The number of nitrogens with zero attached hydrogens (tertiary/aromatic N) is 3. The zero-order chi connectivity index (χ0) is 9.97. The first-order valence-corrected chi connectivity index (χ1v) is 4.90. The molecule has 0 unspecified atom stereocenters. The van der Waals surface area contributed by atoms with E-state index < -0.39 is 0 Å². The van der Waals surface area contributed by atoms with Crippen LogP contribution in [-0.2, 0) is 6.42 Å². The van der Waals surface area contributed by atoms with Crippen molar-refractivity contribution in [3.63, 3.8) is 0 Å². The molecule has 3 nitrogen and oxygen atoms in total. The standard InChI is InChI=1S/C11H15N3/c1-3-10-4-6-11(7-5-10)14-9-13(2)8-12-14/h4-8H,3,9H2,1-2H3. The molecule has 1 heterocycles. The Balaban J connectivity index is 2.14. The molecule has 0 saturated carbocycles. The highest BCUT2D eigenvalue weighted by molar-refractivity contribution is 5.62. The Bertz CT molecular complexity index is 329. The lowest BCUT2D eigenvalue weighted by atomic mass is 10.1. The summed E-state index contributed by atoms with van der Waals surface area (Å²) in [5.41, 5.74) is 2.52. The maximum absolute atomic E-state index is 4.28. The minimum absolute atomic E-state index is 0.839. The van der Waals surface area contributed by atoms with E-state index in [2.05, 4.69) is 36.3 Å². The zero-order valence-electron chi connectivity index (χ0n) is 8.64. The Hall–Kier alpha value is -1.51. The Morgan fingerprint density at radius 2 is 2.00 bits per heavy atom. The van der Waals surface area contributed by atoms with Crippen LogP contribution >= 0.6 is 0 Å². The molecule has 0 atom stereocenters. The van der Waals surface area contributed by atoms with Crippen LogP contribution in [0.15, 0.2) is 29.4 Å². The molecule has 0 radical (unpaired) electrons. The molecular formula is C11H15N3. The molecule has 0 bridgehead atoms. The van der Waals surface area contributed by atoms with Crippen LogP contribution in [-0.4, -0.2) is 25.0 Å². The summed E-state index contributed by atoms with van der Waals surface area (Å²) in [5.74, 6) is 0. The lowest BCUT2D eigenvalue weighted by Crippen LogP contribution is -2.22. The van der Waals surface area contributed by atoms with E-state index in [-0.39, 0.29) is 0 Å². The van der Waals surface area contributed by atoms with Gasteiger partial charge in [-0.2, -0.15) is 5.10 Å². The number of aryl methyl sites for hydroxylation is 1. The smallest absolute Gasteiger partial charge is 0.113 e. The molecule has 1 aliphatic heterocycles. The van der Waals surface area contributed by atoms with E-state index in [1.165, 1.54) is 5.56 Å². The van der Waals surface area contributed by atoms with Crippen LogP contribution in [0, 0.1) is 0 Å². The van der Waals surface area contributed by atoms with Crippen LogP contribution in [0.1, 0.15) is 12.5 Å². The van der Waals surface area contributed by atoms with Crippen LogP contribution < -0.4 is 5.01 Å². The Labute approximate surface area is 84.6 Å². The molecule has 0 aliphatic carbocycles. The summed E-state index contributed by atoms with van der Waals surface area (Å²) in [7, 11) is 2.02. The zero-order valence-corrected chi connectivity index (χ0v) is 8.64. The topological polar surface area (TPSA) is 18.8 Å². The van der Waals surface area contributed by atoms with Crippen molar-refractivity contribution in [1.29, 1.82) is 0 Å². The summed E-state index contributed by atoms with van der Waals surface area (Å²) in [6.45, 7) is 3.00. The number of hydrogen-bond acceptors (Lipinski definition) is 3. The maximum atomic E-state index is 4.28. The first-order chi connectivity index (χ1) is 6.79. The molecule has 0 N–H and O–H groups in total. The van der Waals surface area contributed by atoms with E-state index in [1.54, 1.807) is 0 Å². The van der Waals surface area contributed by atoms with E-state index in [0.29, 0.717) is 0 Å². The van der Waals surface area contributed by atoms with Crippen LogP contribution in [0.4, 0.5) is 5.69 Å². The highest BCUT2D eigenvalue weighted by atomic mass is 15.6. The number of hydrogen-bond donors (Lipinski definition) is 0. The van der Waals surface area contributed by atoms with Crippen molar-refractivity contribution in [2.24, 2.45) is 5.10 Å². The molecule has 2 rings (SSSR count). The third-order valence-electron chi connectivity index (χ3n) is 2.39. The number of hydrazone groups is 1. The molecule has 0 amide bonds.